The second kappa shape index (κ2) is 6.81. The van der Waals surface area contributed by atoms with E-state index < -0.39 is 0 Å². The zero-order valence-corrected chi connectivity index (χ0v) is 9.13. The predicted octanol–water partition coefficient (Wildman–Crippen LogP) is 1.14. The Morgan fingerprint density at radius 3 is 2.86 bits per heavy atom. The average molecular weight is 212 g/mol. The number of aromatic nitrogens is 1. The van der Waals surface area contributed by atoms with Crippen LogP contribution in [0.15, 0.2) is 29.4 Å². The summed E-state index contributed by atoms with van der Waals surface area (Å²) in [7, 11) is 0. The molecule has 3 nitrogen and oxygen atoms in total. The van der Waals surface area contributed by atoms with Crippen LogP contribution in [0.4, 0.5) is 0 Å². The van der Waals surface area contributed by atoms with Gasteiger partial charge in [0, 0.05) is 29.6 Å². The van der Waals surface area contributed by atoms with Gasteiger partial charge >= 0.3 is 0 Å². The fourth-order valence-electron chi connectivity index (χ4n) is 0.997. The number of hydrogen-bond acceptors (Lipinski definition) is 4. The van der Waals surface area contributed by atoms with E-state index in [2.05, 4.69) is 10.3 Å². The van der Waals surface area contributed by atoms with E-state index in [1.807, 2.05) is 19.1 Å². The maximum Gasteiger partial charge on any atom is 0.0758 e. The largest absolute Gasteiger partial charge is 0.391 e. The number of aliphatic hydroxyl groups excluding tert-OH is 1. The maximum atomic E-state index is 9.54. The molecule has 14 heavy (non-hydrogen) atoms. The van der Waals surface area contributed by atoms with E-state index in [0.29, 0.717) is 6.54 Å². The third kappa shape index (κ3) is 4.60. The van der Waals surface area contributed by atoms with Gasteiger partial charge in [0.15, 0.2) is 0 Å². The fourth-order valence-corrected chi connectivity index (χ4v) is 1.81. The van der Waals surface area contributed by atoms with E-state index in [0.717, 1.165) is 17.2 Å². The lowest BCUT2D eigenvalue weighted by Crippen LogP contribution is -2.28. The van der Waals surface area contributed by atoms with Gasteiger partial charge in [-0.3, -0.25) is 4.98 Å². The number of rotatable bonds is 6. The van der Waals surface area contributed by atoms with Gasteiger partial charge in [-0.15, -0.1) is 11.8 Å². The number of aliphatic hydroxyl groups is 1. The molecule has 78 valence electrons. The Labute approximate surface area is 88.9 Å². The van der Waals surface area contributed by atoms with Crippen LogP contribution in [0, 0.1) is 0 Å². The Morgan fingerprint density at radius 2 is 2.21 bits per heavy atom. The van der Waals surface area contributed by atoms with Crippen LogP contribution in [0.1, 0.15) is 6.92 Å². The molecule has 1 aromatic heterocycles. The molecule has 4 heteroatoms. The van der Waals surface area contributed by atoms with E-state index in [1.54, 1.807) is 24.2 Å². The van der Waals surface area contributed by atoms with Gasteiger partial charge in [0.2, 0.25) is 0 Å². The second-order valence-corrected chi connectivity index (χ2v) is 4.05. The van der Waals surface area contributed by atoms with Gasteiger partial charge in [-0.25, -0.2) is 0 Å². The SMILES string of the molecule is CCNCC(O)CSc1ccncc1. The first-order chi connectivity index (χ1) is 6.83. The van der Waals surface area contributed by atoms with Crippen molar-refractivity contribution in [2.24, 2.45) is 0 Å². The van der Waals surface area contributed by atoms with Crippen LogP contribution in [-0.2, 0) is 0 Å². The summed E-state index contributed by atoms with van der Waals surface area (Å²) in [6, 6.07) is 3.90. The van der Waals surface area contributed by atoms with Crippen LogP contribution in [-0.4, -0.2) is 35.0 Å². The lowest BCUT2D eigenvalue weighted by atomic mass is 10.4. The first-order valence-corrected chi connectivity index (χ1v) is 5.73. The monoisotopic (exact) mass is 212 g/mol. The number of likely N-dealkylation sites (N-methyl/N-ethyl adjacent to an activating group) is 1. The molecule has 2 N–H and O–H groups in total. The molecular formula is C10H16N2OS. The van der Waals surface area contributed by atoms with Crippen molar-refractivity contribution in [2.75, 3.05) is 18.8 Å². The molecule has 0 saturated heterocycles. The molecule has 1 rings (SSSR count). The smallest absolute Gasteiger partial charge is 0.0758 e. The summed E-state index contributed by atoms with van der Waals surface area (Å²) in [6.07, 6.45) is 3.24. The Kier molecular flexibility index (Phi) is 5.59. The highest BCUT2D eigenvalue weighted by Gasteiger charge is 2.03. The molecule has 1 unspecified atom stereocenters. The average Bonchev–Trinajstić information content (AvgIpc) is 2.25. The van der Waals surface area contributed by atoms with Crippen LogP contribution in [0.2, 0.25) is 0 Å². The van der Waals surface area contributed by atoms with Crippen molar-refractivity contribution < 1.29 is 5.11 Å². The first-order valence-electron chi connectivity index (χ1n) is 4.74. The summed E-state index contributed by atoms with van der Waals surface area (Å²) in [5.74, 6) is 0.719. The van der Waals surface area contributed by atoms with Gasteiger partial charge in [-0.1, -0.05) is 6.92 Å². The van der Waals surface area contributed by atoms with Crippen molar-refractivity contribution in [3.05, 3.63) is 24.5 Å². The number of hydrogen-bond donors (Lipinski definition) is 2. The van der Waals surface area contributed by atoms with Gasteiger partial charge in [0.1, 0.15) is 0 Å². The molecule has 0 aliphatic rings. The number of thioether (sulfide) groups is 1. The normalized spacial score (nSPS) is 12.7. The molecule has 0 spiro atoms. The van der Waals surface area contributed by atoms with Crippen LogP contribution < -0.4 is 5.32 Å². The summed E-state index contributed by atoms with van der Waals surface area (Å²) < 4.78 is 0. The lowest BCUT2D eigenvalue weighted by Gasteiger charge is -2.09. The van der Waals surface area contributed by atoms with Gasteiger partial charge < -0.3 is 10.4 Å². The highest BCUT2D eigenvalue weighted by atomic mass is 32.2. The predicted molar refractivity (Wildman–Crippen MR) is 59.5 cm³/mol. The zero-order valence-electron chi connectivity index (χ0n) is 8.31. The van der Waals surface area contributed by atoms with Crippen LogP contribution >= 0.6 is 11.8 Å². The van der Waals surface area contributed by atoms with E-state index >= 15 is 0 Å². The van der Waals surface area contributed by atoms with E-state index in [-0.39, 0.29) is 6.10 Å². The van der Waals surface area contributed by atoms with Crippen molar-refractivity contribution in [1.82, 2.24) is 10.3 Å². The minimum atomic E-state index is -0.284. The minimum Gasteiger partial charge on any atom is -0.391 e. The highest BCUT2D eigenvalue weighted by Crippen LogP contribution is 2.16. The van der Waals surface area contributed by atoms with E-state index in [4.69, 9.17) is 0 Å². The maximum absolute atomic E-state index is 9.54. The van der Waals surface area contributed by atoms with Crippen molar-refractivity contribution >= 4 is 11.8 Å². The molecule has 0 aromatic carbocycles. The molecule has 0 aliphatic heterocycles. The Balaban J connectivity index is 2.20. The topological polar surface area (TPSA) is 45.1 Å². The van der Waals surface area contributed by atoms with Crippen LogP contribution in [0.5, 0.6) is 0 Å². The van der Waals surface area contributed by atoms with E-state index in [1.165, 1.54) is 0 Å². The van der Waals surface area contributed by atoms with E-state index in [9.17, 15) is 5.11 Å². The van der Waals surface area contributed by atoms with Gasteiger partial charge in [-0.05, 0) is 18.7 Å². The molecule has 1 atom stereocenters. The zero-order chi connectivity index (χ0) is 10.2. The van der Waals surface area contributed by atoms with Gasteiger partial charge in [-0.2, -0.15) is 0 Å². The molecular weight excluding hydrogens is 196 g/mol. The summed E-state index contributed by atoms with van der Waals surface area (Å²) in [4.78, 5) is 5.08. The molecule has 1 aromatic rings. The number of pyridine rings is 1. The number of nitrogens with zero attached hydrogens (tertiary/aromatic N) is 1. The van der Waals surface area contributed by atoms with Crippen LogP contribution in [0.25, 0.3) is 0 Å². The molecule has 1 heterocycles. The van der Waals surface area contributed by atoms with Gasteiger partial charge in [0.25, 0.3) is 0 Å². The second-order valence-electron chi connectivity index (χ2n) is 2.96. The molecule has 0 saturated carbocycles. The van der Waals surface area contributed by atoms with Crippen molar-refractivity contribution in [3.63, 3.8) is 0 Å². The standard InChI is InChI=1S/C10H16N2OS/c1-2-11-7-9(13)8-14-10-3-5-12-6-4-10/h3-6,9,11,13H,2,7-8H2,1H3. The van der Waals surface area contributed by atoms with Crippen molar-refractivity contribution in [1.29, 1.82) is 0 Å². The van der Waals surface area contributed by atoms with Crippen molar-refractivity contribution in [3.8, 4) is 0 Å². The van der Waals surface area contributed by atoms with Gasteiger partial charge in [0.05, 0.1) is 6.10 Å². The highest BCUT2D eigenvalue weighted by molar-refractivity contribution is 7.99. The summed E-state index contributed by atoms with van der Waals surface area (Å²) in [5.41, 5.74) is 0. The summed E-state index contributed by atoms with van der Waals surface area (Å²) in [5, 5.41) is 12.7. The number of nitrogens with one attached hydrogen (secondary N) is 1. The molecule has 0 radical (unpaired) electrons. The van der Waals surface area contributed by atoms with Crippen molar-refractivity contribution in [2.45, 2.75) is 17.9 Å². The third-order valence-corrected chi connectivity index (χ3v) is 2.88. The molecule has 0 bridgehead atoms. The summed E-state index contributed by atoms with van der Waals surface area (Å²) in [6.45, 7) is 3.59. The Hall–Kier alpha value is -0.580. The summed E-state index contributed by atoms with van der Waals surface area (Å²) >= 11 is 1.65. The Morgan fingerprint density at radius 1 is 1.50 bits per heavy atom. The minimum absolute atomic E-state index is 0.284. The third-order valence-electron chi connectivity index (χ3n) is 1.72. The molecule has 0 fully saturated rings. The molecule has 0 aliphatic carbocycles. The van der Waals surface area contributed by atoms with Crippen LogP contribution in [0.3, 0.4) is 0 Å². The first kappa shape index (κ1) is 11.5. The quantitative estimate of drug-likeness (QED) is 0.694. The lowest BCUT2D eigenvalue weighted by molar-refractivity contribution is 0.197. The Bertz CT molecular complexity index is 243. The fraction of sp³-hybridized carbons (Fsp3) is 0.500. The molecule has 0 amide bonds.